The number of benzene rings is 1. The van der Waals surface area contributed by atoms with E-state index < -0.39 is 0 Å². The van der Waals surface area contributed by atoms with Crippen molar-refractivity contribution in [2.75, 3.05) is 21.3 Å². The van der Waals surface area contributed by atoms with E-state index in [0.29, 0.717) is 30.9 Å². The molecule has 0 spiro atoms. The lowest BCUT2D eigenvalue weighted by Gasteiger charge is -2.16. The fourth-order valence-electron chi connectivity index (χ4n) is 1.80. The molecule has 4 nitrogen and oxygen atoms in total. The Morgan fingerprint density at radius 2 is 1.94 bits per heavy atom. The highest BCUT2D eigenvalue weighted by atomic mass is 16.5. The van der Waals surface area contributed by atoms with Crippen LogP contribution in [0.4, 0.5) is 0 Å². The number of carbonyl (C=O) groups excluding carboxylic acids is 1. The Balaban J connectivity index is 3.17. The second-order valence-corrected chi connectivity index (χ2v) is 3.58. The van der Waals surface area contributed by atoms with Gasteiger partial charge >= 0.3 is 0 Å². The molecule has 1 rings (SSSR count). The van der Waals surface area contributed by atoms with Crippen LogP contribution in [0.25, 0.3) is 0 Å². The summed E-state index contributed by atoms with van der Waals surface area (Å²) in [6.07, 6.45) is 1.98. The molecule has 0 N–H and O–H groups in total. The second-order valence-electron chi connectivity index (χ2n) is 3.58. The molecule has 0 heterocycles. The second kappa shape index (κ2) is 6.91. The minimum Gasteiger partial charge on any atom is -0.493 e. The Morgan fingerprint density at radius 1 is 1.18 bits per heavy atom. The van der Waals surface area contributed by atoms with Crippen molar-refractivity contribution in [2.45, 2.75) is 19.4 Å². The van der Waals surface area contributed by atoms with Crippen molar-refractivity contribution in [3.63, 3.8) is 0 Å². The number of rotatable bonds is 7. The number of ether oxygens (including phenoxy) is 3. The number of aldehydes is 1. The molecule has 0 aromatic heterocycles. The molecule has 0 amide bonds. The predicted molar refractivity (Wildman–Crippen MR) is 64.6 cm³/mol. The highest BCUT2D eigenvalue weighted by Crippen LogP contribution is 2.34. The van der Waals surface area contributed by atoms with Crippen LogP contribution >= 0.6 is 0 Å². The molecule has 1 aromatic rings. The largest absolute Gasteiger partial charge is 0.493 e. The van der Waals surface area contributed by atoms with Crippen molar-refractivity contribution in [3.8, 4) is 11.5 Å². The van der Waals surface area contributed by atoms with Crippen molar-refractivity contribution in [2.24, 2.45) is 0 Å². The summed E-state index contributed by atoms with van der Waals surface area (Å²) in [5, 5.41) is 0. The molecular formula is C13H18O4. The minimum atomic E-state index is 0.459. The summed E-state index contributed by atoms with van der Waals surface area (Å²) >= 11 is 0. The zero-order chi connectivity index (χ0) is 12.7. The normalized spacial score (nSPS) is 10.1. The van der Waals surface area contributed by atoms with Crippen molar-refractivity contribution in [1.29, 1.82) is 0 Å². The topological polar surface area (TPSA) is 44.8 Å². The lowest BCUT2D eigenvalue weighted by Crippen LogP contribution is -2.02. The molecule has 17 heavy (non-hydrogen) atoms. The number of hydrogen-bond acceptors (Lipinski definition) is 4. The van der Waals surface area contributed by atoms with E-state index in [1.165, 1.54) is 0 Å². The van der Waals surface area contributed by atoms with Gasteiger partial charge < -0.3 is 19.0 Å². The van der Waals surface area contributed by atoms with Gasteiger partial charge in [0.15, 0.2) is 11.5 Å². The molecule has 0 atom stereocenters. The SMILES string of the molecule is COCc1ccc(OC)c(OC)c1CCC=O. The first kappa shape index (κ1) is 13.5. The summed E-state index contributed by atoms with van der Waals surface area (Å²) in [5.41, 5.74) is 1.99. The first-order valence-corrected chi connectivity index (χ1v) is 5.43. The van der Waals surface area contributed by atoms with Crippen LogP contribution < -0.4 is 9.47 Å². The highest BCUT2D eigenvalue weighted by molar-refractivity contribution is 5.55. The van der Waals surface area contributed by atoms with Gasteiger partial charge in [0, 0.05) is 19.1 Å². The zero-order valence-electron chi connectivity index (χ0n) is 10.5. The van der Waals surface area contributed by atoms with E-state index in [9.17, 15) is 4.79 Å². The van der Waals surface area contributed by atoms with Crippen LogP contribution in [0.5, 0.6) is 11.5 Å². The molecule has 0 saturated carbocycles. The Hall–Kier alpha value is -1.55. The van der Waals surface area contributed by atoms with E-state index >= 15 is 0 Å². The Morgan fingerprint density at radius 3 is 2.47 bits per heavy atom. The van der Waals surface area contributed by atoms with Gasteiger partial charge in [0.05, 0.1) is 20.8 Å². The first-order valence-electron chi connectivity index (χ1n) is 5.43. The van der Waals surface area contributed by atoms with Crippen LogP contribution in [0.2, 0.25) is 0 Å². The quantitative estimate of drug-likeness (QED) is 0.681. The summed E-state index contributed by atoms with van der Waals surface area (Å²) in [6, 6.07) is 3.78. The predicted octanol–water partition coefficient (Wildman–Crippen LogP) is 1.98. The molecule has 0 aliphatic carbocycles. The van der Waals surface area contributed by atoms with Gasteiger partial charge in [0.25, 0.3) is 0 Å². The standard InChI is InChI=1S/C13H18O4/c1-15-9-10-6-7-12(16-2)13(17-3)11(10)5-4-8-14/h6-8H,4-5,9H2,1-3H3. The van der Waals surface area contributed by atoms with E-state index in [2.05, 4.69) is 0 Å². The van der Waals surface area contributed by atoms with Gasteiger partial charge in [-0.25, -0.2) is 0 Å². The van der Waals surface area contributed by atoms with Gasteiger partial charge in [-0.05, 0) is 18.1 Å². The Labute approximate surface area is 101 Å². The maximum Gasteiger partial charge on any atom is 0.164 e. The Bertz CT molecular complexity index is 374. The van der Waals surface area contributed by atoms with Gasteiger partial charge in [-0.2, -0.15) is 0 Å². The van der Waals surface area contributed by atoms with E-state index in [1.54, 1.807) is 21.3 Å². The van der Waals surface area contributed by atoms with Gasteiger partial charge in [-0.15, -0.1) is 0 Å². The monoisotopic (exact) mass is 238 g/mol. The summed E-state index contributed by atoms with van der Waals surface area (Å²) in [7, 11) is 4.83. The maximum atomic E-state index is 10.5. The van der Waals surface area contributed by atoms with E-state index in [4.69, 9.17) is 14.2 Å². The van der Waals surface area contributed by atoms with Gasteiger partial charge in [-0.3, -0.25) is 0 Å². The average molecular weight is 238 g/mol. The molecule has 1 aromatic carbocycles. The fraction of sp³-hybridized carbons (Fsp3) is 0.462. The number of methoxy groups -OCH3 is 3. The van der Waals surface area contributed by atoms with Crippen molar-refractivity contribution in [1.82, 2.24) is 0 Å². The van der Waals surface area contributed by atoms with E-state index in [-0.39, 0.29) is 0 Å². The molecule has 0 aliphatic heterocycles. The first-order chi connectivity index (χ1) is 8.28. The summed E-state index contributed by atoms with van der Waals surface area (Å²) in [6.45, 7) is 0.495. The van der Waals surface area contributed by atoms with Crippen molar-refractivity contribution >= 4 is 6.29 Å². The van der Waals surface area contributed by atoms with Gasteiger partial charge in [0.2, 0.25) is 0 Å². The van der Waals surface area contributed by atoms with Gasteiger partial charge in [0.1, 0.15) is 6.29 Å². The van der Waals surface area contributed by atoms with E-state index in [0.717, 1.165) is 17.4 Å². The molecule has 4 heteroatoms. The number of carbonyl (C=O) groups is 1. The third kappa shape index (κ3) is 3.20. The minimum absolute atomic E-state index is 0.459. The van der Waals surface area contributed by atoms with Crippen LogP contribution in [0.1, 0.15) is 17.5 Å². The fourth-order valence-corrected chi connectivity index (χ4v) is 1.80. The Kier molecular flexibility index (Phi) is 5.49. The van der Waals surface area contributed by atoms with Crippen LogP contribution in [-0.2, 0) is 22.6 Å². The van der Waals surface area contributed by atoms with Crippen LogP contribution in [0.3, 0.4) is 0 Å². The van der Waals surface area contributed by atoms with Gasteiger partial charge in [-0.1, -0.05) is 6.07 Å². The average Bonchev–Trinajstić information content (AvgIpc) is 2.36. The molecule has 0 unspecified atom stereocenters. The lowest BCUT2D eigenvalue weighted by molar-refractivity contribution is -0.107. The summed E-state index contributed by atoms with van der Waals surface area (Å²) in [4.78, 5) is 10.5. The van der Waals surface area contributed by atoms with Crippen molar-refractivity contribution in [3.05, 3.63) is 23.3 Å². The molecule has 0 bridgehead atoms. The third-order valence-electron chi connectivity index (χ3n) is 2.56. The molecule has 94 valence electrons. The van der Waals surface area contributed by atoms with Crippen molar-refractivity contribution < 1.29 is 19.0 Å². The lowest BCUT2D eigenvalue weighted by atomic mass is 10.0. The van der Waals surface area contributed by atoms with Crippen LogP contribution in [-0.4, -0.2) is 27.6 Å². The van der Waals surface area contributed by atoms with E-state index in [1.807, 2.05) is 12.1 Å². The third-order valence-corrected chi connectivity index (χ3v) is 2.56. The molecular weight excluding hydrogens is 220 g/mol. The van der Waals surface area contributed by atoms with Crippen LogP contribution in [0, 0.1) is 0 Å². The summed E-state index contributed by atoms with van der Waals surface area (Å²) in [5.74, 6) is 1.36. The summed E-state index contributed by atoms with van der Waals surface area (Å²) < 4.78 is 15.7. The molecule has 0 radical (unpaired) electrons. The molecule has 0 saturated heterocycles. The number of hydrogen-bond donors (Lipinski definition) is 0. The maximum absolute atomic E-state index is 10.5. The molecule has 0 aliphatic rings. The highest BCUT2D eigenvalue weighted by Gasteiger charge is 2.14. The zero-order valence-corrected chi connectivity index (χ0v) is 10.5. The smallest absolute Gasteiger partial charge is 0.164 e. The molecule has 0 fully saturated rings. The van der Waals surface area contributed by atoms with Crippen LogP contribution in [0.15, 0.2) is 12.1 Å².